The number of aliphatic hydroxyl groups excluding tert-OH is 1. The number of fused-ring (bicyclic) bond motifs is 1. The van der Waals surface area contributed by atoms with Gasteiger partial charge in [-0.05, 0) is 42.5 Å². The first-order chi connectivity index (χ1) is 14.0. The summed E-state index contributed by atoms with van der Waals surface area (Å²) in [5.41, 5.74) is 1.56. The van der Waals surface area contributed by atoms with Crippen LogP contribution < -0.4 is 5.56 Å². The smallest absolute Gasteiger partial charge is 0.274 e. The molecule has 0 unspecified atom stereocenters. The second-order valence-corrected chi connectivity index (χ2v) is 7.06. The van der Waals surface area contributed by atoms with Crippen molar-refractivity contribution in [2.75, 3.05) is 26.3 Å². The van der Waals surface area contributed by atoms with Crippen LogP contribution in [0.3, 0.4) is 0 Å². The van der Waals surface area contributed by atoms with Crippen molar-refractivity contribution in [2.24, 2.45) is 0 Å². The first-order valence-corrected chi connectivity index (χ1v) is 9.47. The highest BCUT2D eigenvalue weighted by Gasteiger charge is 2.19. The van der Waals surface area contributed by atoms with Gasteiger partial charge in [0, 0.05) is 35.3 Å². The Balaban J connectivity index is 1.65. The van der Waals surface area contributed by atoms with E-state index in [4.69, 9.17) is 16.3 Å². The van der Waals surface area contributed by atoms with Gasteiger partial charge in [-0.1, -0.05) is 11.6 Å². The number of rotatable bonds is 3. The summed E-state index contributed by atoms with van der Waals surface area (Å²) in [6.07, 6.45) is 1.30. The van der Waals surface area contributed by atoms with Crippen molar-refractivity contribution in [3.05, 3.63) is 74.7 Å². The summed E-state index contributed by atoms with van der Waals surface area (Å²) in [6.45, 7) is 2.12. The van der Waals surface area contributed by atoms with E-state index in [2.05, 4.69) is 9.97 Å². The molecule has 2 N–H and O–H groups in total. The van der Waals surface area contributed by atoms with Crippen LogP contribution in [0.5, 0.6) is 0 Å². The summed E-state index contributed by atoms with van der Waals surface area (Å²) < 4.78 is 5.27. The van der Waals surface area contributed by atoms with E-state index in [1.807, 2.05) is 0 Å². The molecule has 29 heavy (non-hydrogen) atoms. The number of carbonyl (C=O) groups excluding carboxylic acids is 1. The molecule has 3 aromatic rings. The van der Waals surface area contributed by atoms with E-state index in [1.165, 1.54) is 6.08 Å². The number of benzene rings is 2. The third kappa shape index (κ3) is 4.16. The molecule has 0 bridgehead atoms. The number of hydrogen-bond acceptors (Lipinski definition) is 5. The van der Waals surface area contributed by atoms with Crippen LogP contribution in [0.4, 0.5) is 0 Å². The van der Waals surface area contributed by atoms with E-state index >= 15 is 0 Å². The highest BCUT2D eigenvalue weighted by atomic mass is 35.5. The zero-order valence-corrected chi connectivity index (χ0v) is 16.1. The maximum absolute atomic E-state index is 12.6. The minimum atomic E-state index is -0.464. The Morgan fingerprint density at radius 3 is 2.55 bits per heavy atom. The molecule has 1 saturated heterocycles. The number of morpholine rings is 1. The summed E-state index contributed by atoms with van der Waals surface area (Å²) in [4.78, 5) is 33.8. The maximum atomic E-state index is 12.6. The van der Waals surface area contributed by atoms with Gasteiger partial charge in [0.15, 0.2) is 0 Å². The first-order valence-electron chi connectivity index (χ1n) is 9.09. The number of H-pyrrole nitrogens is 1. The fraction of sp³-hybridized carbons (Fsp3) is 0.190. The molecule has 7 nitrogen and oxygen atoms in total. The van der Waals surface area contributed by atoms with Crippen LogP contribution in [0.2, 0.25) is 5.02 Å². The molecule has 1 aliphatic rings. The average molecular weight is 412 g/mol. The number of nitrogens with one attached hydrogen (secondary N) is 1. The lowest BCUT2D eigenvalue weighted by Gasteiger charge is -2.26. The number of amides is 1. The molecule has 1 fully saturated rings. The minimum absolute atomic E-state index is 0.0669. The molecular weight excluding hydrogens is 394 g/mol. The molecule has 1 aromatic heterocycles. The number of ether oxygens (including phenoxy) is 1. The van der Waals surface area contributed by atoms with Crippen LogP contribution in [0, 0.1) is 0 Å². The van der Waals surface area contributed by atoms with Gasteiger partial charge in [0.2, 0.25) is 0 Å². The highest BCUT2D eigenvalue weighted by Crippen LogP contribution is 2.18. The molecule has 0 aliphatic carbocycles. The molecule has 4 rings (SSSR count). The Kier molecular flexibility index (Phi) is 5.33. The van der Waals surface area contributed by atoms with Gasteiger partial charge in [-0.25, -0.2) is 4.98 Å². The molecule has 8 heteroatoms. The van der Waals surface area contributed by atoms with Gasteiger partial charge in [-0.2, -0.15) is 0 Å². The van der Waals surface area contributed by atoms with Crippen molar-refractivity contribution in [3.63, 3.8) is 0 Å². The Morgan fingerprint density at radius 1 is 1.14 bits per heavy atom. The van der Waals surface area contributed by atoms with Crippen molar-refractivity contribution in [1.29, 1.82) is 0 Å². The molecule has 0 spiro atoms. The molecule has 2 aromatic carbocycles. The van der Waals surface area contributed by atoms with Crippen molar-refractivity contribution < 1.29 is 14.6 Å². The normalized spacial score (nSPS) is 14.9. The van der Waals surface area contributed by atoms with Crippen molar-refractivity contribution in [1.82, 2.24) is 14.9 Å². The molecule has 0 atom stereocenters. The predicted molar refractivity (Wildman–Crippen MR) is 111 cm³/mol. The van der Waals surface area contributed by atoms with E-state index in [9.17, 15) is 14.7 Å². The van der Waals surface area contributed by atoms with Gasteiger partial charge in [0.1, 0.15) is 11.5 Å². The summed E-state index contributed by atoms with van der Waals surface area (Å²) in [7, 11) is 0. The standard InChI is InChI=1S/C21H18ClN3O4/c22-15-4-1-13(2-5-15)19(26)12-18-20(27)24-17-11-14(3-6-16(17)23-18)21(28)25-7-9-29-10-8-25/h1-6,11-12,26H,7-10H2,(H,24,27). The number of aromatic amines is 1. The largest absolute Gasteiger partial charge is 0.507 e. The SMILES string of the molecule is O=C(c1ccc2nc(C=C(O)c3ccc(Cl)cc3)c(=O)[nH]c2c1)N1CCOCC1. The van der Waals surface area contributed by atoms with Crippen LogP contribution in [-0.4, -0.2) is 52.2 Å². The van der Waals surface area contributed by atoms with Gasteiger partial charge in [-0.15, -0.1) is 0 Å². The second-order valence-electron chi connectivity index (χ2n) is 6.62. The molecule has 148 valence electrons. The topological polar surface area (TPSA) is 95.5 Å². The zero-order chi connectivity index (χ0) is 20.4. The lowest BCUT2D eigenvalue weighted by atomic mass is 10.1. The average Bonchev–Trinajstić information content (AvgIpc) is 2.74. The Bertz CT molecular complexity index is 1150. The lowest BCUT2D eigenvalue weighted by Crippen LogP contribution is -2.40. The molecule has 1 amide bonds. The Morgan fingerprint density at radius 2 is 1.83 bits per heavy atom. The van der Waals surface area contributed by atoms with Gasteiger partial charge in [0.05, 0.1) is 24.2 Å². The Labute approximate surface area is 171 Å². The molecule has 2 heterocycles. The summed E-state index contributed by atoms with van der Waals surface area (Å²) in [6, 6.07) is 11.6. The molecule has 0 saturated carbocycles. The van der Waals surface area contributed by atoms with Gasteiger partial charge in [-0.3, -0.25) is 9.59 Å². The summed E-state index contributed by atoms with van der Waals surface area (Å²) in [5.74, 6) is -0.210. The number of aliphatic hydroxyl groups is 1. The maximum Gasteiger partial charge on any atom is 0.274 e. The van der Waals surface area contributed by atoms with Gasteiger partial charge >= 0.3 is 0 Å². The highest BCUT2D eigenvalue weighted by molar-refractivity contribution is 6.30. The monoisotopic (exact) mass is 411 g/mol. The van der Waals surface area contributed by atoms with Crippen molar-refractivity contribution >= 4 is 40.4 Å². The van der Waals surface area contributed by atoms with Crippen LogP contribution >= 0.6 is 11.6 Å². The van der Waals surface area contributed by atoms with Gasteiger partial charge < -0.3 is 19.7 Å². The van der Waals surface area contributed by atoms with E-state index in [-0.39, 0.29) is 17.4 Å². The van der Waals surface area contributed by atoms with Crippen molar-refractivity contribution in [2.45, 2.75) is 0 Å². The van der Waals surface area contributed by atoms with E-state index in [1.54, 1.807) is 47.4 Å². The second kappa shape index (κ2) is 8.06. The Hall–Kier alpha value is -3.16. The fourth-order valence-electron chi connectivity index (χ4n) is 3.11. The molecular formula is C21H18ClN3O4. The molecule has 0 radical (unpaired) electrons. The van der Waals surface area contributed by atoms with Crippen LogP contribution in [0.15, 0.2) is 47.3 Å². The lowest BCUT2D eigenvalue weighted by molar-refractivity contribution is 0.0303. The van der Waals surface area contributed by atoms with Crippen LogP contribution in [0.1, 0.15) is 21.6 Å². The summed E-state index contributed by atoms with van der Waals surface area (Å²) >= 11 is 5.85. The third-order valence-corrected chi connectivity index (χ3v) is 4.93. The third-order valence-electron chi connectivity index (χ3n) is 4.68. The van der Waals surface area contributed by atoms with Crippen LogP contribution in [0.25, 0.3) is 22.9 Å². The number of hydrogen-bond donors (Lipinski definition) is 2. The minimum Gasteiger partial charge on any atom is -0.507 e. The number of aromatic nitrogens is 2. The predicted octanol–water partition coefficient (Wildman–Crippen LogP) is 3.11. The quantitative estimate of drug-likeness (QED) is 0.646. The van der Waals surface area contributed by atoms with Gasteiger partial charge in [0.25, 0.3) is 11.5 Å². The number of halogens is 1. The van der Waals surface area contributed by atoms with Crippen molar-refractivity contribution in [3.8, 4) is 0 Å². The number of nitrogens with zero attached hydrogens (tertiary/aromatic N) is 2. The summed E-state index contributed by atoms with van der Waals surface area (Å²) in [5, 5.41) is 10.8. The van der Waals surface area contributed by atoms with E-state index in [0.29, 0.717) is 53.5 Å². The fourth-order valence-corrected chi connectivity index (χ4v) is 3.24. The van der Waals surface area contributed by atoms with E-state index in [0.717, 1.165) is 0 Å². The molecule has 1 aliphatic heterocycles. The zero-order valence-electron chi connectivity index (χ0n) is 15.4. The van der Waals surface area contributed by atoms with Crippen LogP contribution in [-0.2, 0) is 4.74 Å². The number of carbonyl (C=O) groups is 1. The first kappa shape index (κ1) is 19.2. The van der Waals surface area contributed by atoms with E-state index < -0.39 is 5.56 Å².